The summed E-state index contributed by atoms with van der Waals surface area (Å²) in [5.74, 6) is 0.166. The lowest BCUT2D eigenvalue weighted by atomic mass is 10.1. The summed E-state index contributed by atoms with van der Waals surface area (Å²) in [6.07, 6.45) is 8.32. The van der Waals surface area contributed by atoms with Gasteiger partial charge in [0.1, 0.15) is 21.9 Å². The number of anilines is 2. The zero-order valence-electron chi connectivity index (χ0n) is 29.4. The van der Waals surface area contributed by atoms with Gasteiger partial charge in [0.15, 0.2) is 0 Å². The monoisotopic (exact) mass is 730 g/mol. The van der Waals surface area contributed by atoms with Gasteiger partial charge in [-0.25, -0.2) is 29.9 Å². The Labute approximate surface area is 312 Å². The zero-order chi connectivity index (χ0) is 36.1. The third-order valence-electron chi connectivity index (χ3n) is 8.54. The average molecular weight is 731 g/mol. The van der Waals surface area contributed by atoms with Crippen LogP contribution in [0.1, 0.15) is 58.9 Å². The third kappa shape index (κ3) is 9.80. The van der Waals surface area contributed by atoms with Gasteiger partial charge in [-0.1, -0.05) is 30.7 Å². The fourth-order valence-electron chi connectivity index (χ4n) is 5.86. The molecule has 0 saturated carbocycles. The highest BCUT2D eigenvalue weighted by Crippen LogP contribution is 2.32. The van der Waals surface area contributed by atoms with E-state index in [1.807, 2.05) is 62.6 Å². The highest BCUT2D eigenvalue weighted by molar-refractivity contribution is 7.19. The number of para-hydroxylation sites is 2. The lowest BCUT2D eigenvalue weighted by Crippen LogP contribution is -2.33. The van der Waals surface area contributed by atoms with Crippen LogP contribution in [0.4, 0.5) is 11.9 Å². The number of likely N-dealkylation sites (tertiary alicyclic amines) is 1. The summed E-state index contributed by atoms with van der Waals surface area (Å²) < 4.78 is 2.16. The van der Waals surface area contributed by atoms with E-state index in [4.69, 9.17) is 0 Å². The van der Waals surface area contributed by atoms with Gasteiger partial charge in [-0.3, -0.25) is 0 Å². The fourth-order valence-corrected chi connectivity index (χ4v) is 7.92. The van der Waals surface area contributed by atoms with Crippen LogP contribution in [-0.2, 0) is 0 Å². The van der Waals surface area contributed by atoms with Crippen molar-refractivity contribution in [2.75, 3.05) is 64.0 Å². The number of hydrogen-bond donors (Lipinski definition) is 2. The maximum atomic E-state index is 9.72. The predicted molar refractivity (Wildman–Crippen MR) is 209 cm³/mol. The number of thiazole rings is 2. The van der Waals surface area contributed by atoms with Crippen LogP contribution >= 0.6 is 22.7 Å². The molecule has 0 bridgehead atoms. The molecule has 2 atom stereocenters. The summed E-state index contributed by atoms with van der Waals surface area (Å²) in [5, 5.41) is 27.4. The molecule has 7 rings (SSSR count). The Kier molecular flexibility index (Phi) is 13.0. The number of nitriles is 2. The molecule has 6 aromatic rings. The van der Waals surface area contributed by atoms with Crippen LogP contribution in [0.2, 0.25) is 0 Å². The molecule has 266 valence electrons. The first-order valence-corrected chi connectivity index (χ1v) is 19.1. The van der Waals surface area contributed by atoms with Gasteiger partial charge >= 0.3 is 0 Å². The predicted octanol–water partition coefficient (Wildman–Crippen LogP) is 6.74. The van der Waals surface area contributed by atoms with Crippen molar-refractivity contribution >= 4 is 55.0 Å². The van der Waals surface area contributed by atoms with Crippen molar-refractivity contribution in [1.29, 1.82) is 10.5 Å². The smallest absolute Gasteiger partial charge is 0.222 e. The summed E-state index contributed by atoms with van der Waals surface area (Å²) in [7, 11) is 4.10. The molecular weight excluding hydrogens is 689 g/mol. The summed E-state index contributed by atoms with van der Waals surface area (Å²) in [6.45, 7) is 5.95. The molecule has 1 fully saturated rings. The molecule has 4 aromatic heterocycles. The second-order valence-electron chi connectivity index (χ2n) is 12.7. The highest BCUT2D eigenvalue weighted by Gasteiger charge is 2.21. The van der Waals surface area contributed by atoms with Crippen LogP contribution in [0, 0.1) is 22.7 Å². The largest absolute Gasteiger partial charge is 0.354 e. The van der Waals surface area contributed by atoms with Crippen LogP contribution in [0.25, 0.3) is 20.4 Å². The fraction of sp³-hybridized carbons (Fsp3) is 0.368. The SMILES string of the molecule is CN(C)CCCNc1nccc(C(C#N)c2nc3ccccc3s2)n1.N#CC(c1ccnc(NCCN2CCCCC2)n1)c1nc2ccccc2s1. The van der Waals surface area contributed by atoms with E-state index in [1.54, 1.807) is 35.9 Å². The molecule has 12 nitrogen and oxygen atoms in total. The van der Waals surface area contributed by atoms with Crippen LogP contribution in [-0.4, -0.2) is 93.1 Å². The number of rotatable bonds is 13. The lowest BCUT2D eigenvalue weighted by molar-refractivity contribution is 0.237. The number of fused-ring (bicyclic) bond motifs is 2. The summed E-state index contributed by atoms with van der Waals surface area (Å²) in [6, 6.07) is 24.1. The van der Waals surface area contributed by atoms with Gasteiger partial charge in [-0.2, -0.15) is 10.5 Å². The maximum Gasteiger partial charge on any atom is 0.222 e. The van der Waals surface area contributed by atoms with E-state index in [-0.39, 0.29) is 0 Å². The van der Waals surface area contributed by atoms with Crippen molar-refractivity contribution in [2.45, 2.75) is 37.5 Å². The van der Waals surface area contributed by atoms with Crippen LogP contribution in [0.5, 0.6) is 0 Å². The van der Waals surface area contributed by atoms with Crippen LogP contribution in [0.15, 0.2) is 73.1 Å². The Balaban J connectivity index is 0.000000179. The molecule has 14 heteroatoms. The molecule has 52 heavy (non-hydrogen) atoms. The Morgan fingerprint density at radius 1 is 0.712 bits per heavy atom. The van der Waals surface area contributed by atoms with Gasteiger partial charge < -0.3 is 20.4 Å². The number of benzene rings is 2. The highest BCUT2D eigenvalue weighted by atomic mass is 32.1. The number of nitrogens with one attached hydrogen (secondary N) is 2. The number of piperidine rings is 1. The van der Waals surface area contributed by atoms with Crippen molar-refractivity contribution in [2.24, 2.45) is 0 Å². The Morgan fingerprint density at radius 3 is 1.73 bits per heavy atom. The summed E-state index contributed by atoms with van der Waals surface area (Å²) in [5.41, 5.74) is 3.20. The van der Waals surface area contributed by atoms with Gasteiger partial charge in [0, 0.05) is 32.0 Å². The van der Waals surface area contributed by atoms with E-state index in [0.29, 0.717) is 23.3 Å². The average Bonchev–Trinajstić information content (AvgIpc) is 3.80. The second-order valence-corrected chi connectivity index (χ2v) is 14.8. The maximum absolute atomic E-state index is 9.72. The molecule has 0 radical (unpaired) electrons. The van der Waals surface area contributed by atoms with E-state index in [2.05, 4.69) is 62.5 Å². The first-order valence-electron chi connectivity index (χ1n) is 17.5. The first-order chi connectivity index (χ1) is 25.5. The number of hydrogen-bond acceptors (Lipinski definition) is 14. The van der Waals surface area contributed by atoms with E-state index in [0.717, 1.165) is 63.0 Å². The minimum absolute atomic E-state index is 0.479. The van der Waals surface area contributed by atoms with Crippen molar-refractivity contribution in [3.05, 3.63) is 94.5 Å². The molecule has 0 spiro atoms. The van der Waals surface area contributed by atoms with E-state index in [9.17, 15) is 10.5 Å². The molecule has 2 N–H and O–H groups in total. The van der Waals surface area contributed by atoms with Crippen molar-refractivity contribution in [1.82, 2.24) is 39.7 Å². The Hall–Kier alpha value is -5.12. The molecule has 0 aliphatic carbocycles. The van der Waals surface area contributed by atoms with Gasteiger partial charge in [0.2, 0.25) is 11.9 Å². The van der Waals surface area contributed by atoms with Crippen LogP contribution in [0.3, 0.4) is 0 Å². The van der Waals surface area contributed by atoms with Crippen LogP contribution < -0.4 is 10.6 Å². The zero-order valence-corrected chi connectivity index (χ0v) is 31.1. The molecule has 1 aliphatic heterocycles. The van der Waals surface area contributed by atoms with Gasteiger partial charge in [-0.05, 0) is 89.4 Å². The Morgan fingerprint density at radius 2 is 1.23 bits per heavy atom. The minimum atomic E-state index is -0.484. The van der Waals surface area contributed by atoms with Gasteiger partial charge in [0.25, 0.3) is 0 Å². The third-order valence-corrected chi connectivity index (χ3v) is 10.7. The van der Waals surface area contributed by atoms with Crippen molar-refractivity contribution in [3.63, 3.8) is 0 Å². The molecule has 0 amide bonds. The summed E-state index contributed by atoms with van der Waals surface area (Å²) >= 11 is 3.08. The quantitative estimate of drug-likeness (QED) is 0.121. The van der Waals surface area contributed by atoms with E-state index < -0.39 is 11.8 Å². The van der Waals surface area contributed by atoms with E-state index in [1.165, 1.54) is 43.7 Å². The first kappa shape index (κ1) is 36.7. The minimum Gasteiger partial charge on any atom is -0.354 e. The lowest BCUT2D eigenvalue weighted by Gasteiger charge is -2.26. The standard InChI is InChI=1S/C20H22N6S.C18H20N6S/c21-14-15(19-24-17-6-2-3-7-18(17)27-19)16-8-9-22-20(25-16)23-10-13-26-11-4-1-5-12-26;1-24(2)11-5-9-20-18-21-10-8-14(23-18)13(12-19)17-22-15-6-3-4-7-16(15)25-17/h2-3,6-9,15H,1,4-5,10-13H2,(H,22,23,25);3-4,6-8,10,13H,5,9,11H2,1-2H3,(H,20,21,23). The second kappa shape index (κ2) is 18.4. The molecular formula is C38H42N12S2. The topological polar surface area (TPSA) is 155 Å². The normalized spacial score (nSPS) is 14.2. The Bertz CT molecular complexity index is 2060. The van der Waals surface area contributed by atoms with Crippen molar-refractivity contribution < 1.29 is 0 Å². The number of aromatic nitrogens is 6. The number of nitrogens with zero attached hydrogens (tertiary/aromatic N) is 10. The molecule has 1 aliphatic rings. The van der Waals surface area contributed by atoms with E-state index >= 15 is 0 Å². The molecule has 2 aromatic carbocycles. The molecule has 1 saturated heterocycles. The van der Waals surface area contributed by atoms with Gasteiger partial charge in [0.05, 0.1) is 44.0 Å². The van der Waals surface area contributed by atoms with Gasteiger partial charge in [-0.15, -0.1) is 22.7 Å². The molecule has 5 heterocycles. The summed E-state index contributed by atoms with van der Waals surface area (Å²) in [4.78, 5) is 31.5. The molecule has 2 unspecified atom stereocenters. The van der Waals surface area contributed by atoms with Crippen molar-refractivity contribution in [3.8, 4) is 12.1 Å².